The van der Waals surface area contributed by atoms with E-state index >= 15 is 0 Å². The Morgan fingerprint density at radius 3 is 3.10 bits per heavy atom. The molecule has 1 aromatic heterocycles. The van der Waals surface area contributed by atoms with Crippen LogP contribution in [0.25, 0.3) is 0 Å². The summed E-state index contributed by atoms with van der Waals surface area (Å²) in [5.41, 5.74) is 0.895. The molecule has 1 fully saturated rings. The van der Waals surface area contributed by atoms with Crippen molar-refractivity contribution in [3.05, 3.63) is 5.69 Å². The number of nitrogens with zero attached hydrogens (tertiary/aromatic N) is 3. The Hall–Kier alpha value is -1.25. The standard InChI is InChI=1S/C13H23N5O2S/c1-4-14-13-10(16-17-21-13)7-18-5-6-20-8-11(18)12(19)15-9(2)3/h9,11,14H,4-8H2,1-3H3,(H,15,19). The van der Waals surface area contributed by atoms with Gasteiger partial charge >= 0.3 is 0 Å². The molecule has 118 valence electrons. The number of nitrogens with one attached hydrogen (secondary N) is 2. The lowest BCUT2D eigenvalue weighted by molar-refractivity contribution is -0.133. The first-order chi connectivity index (χ1) is 10.1. The molecular formula is C13H23N5O2S. The maximum Gasteiger partial charge on any atom is 0.239 e. The number of ether oxygens (including phenoxy) is 1. The molecular weight excluding hydrogens is 290 g/mol. The SMILES string of the molecule is CCNc1snnc1CN1CCOCC1C(=O)NC(C)C. The number of hydrogen-bond donors (Lipinski definition) is 2. The molecule has 0 saturated carbocycles. The maximum atomic E-state index is 12.3. The smallest absolute Gasteiger partial charge is 0.239 e. The molecule has 1 saturated heterocycles. The van der Waals surface area contributed by atoms with Crippen molar-refractivity contribution >= 4 is 22.4 Å². The quantitative estimate of drug-likeness (QED) is 0.805. The van der Waals surface area contributed by atoms with E-state index in [9.17, 15) is 4.79 Å². The van der Waals surface area contributed by atoms with Gasteiger partial charge in [0.25, 0.3) is 0 Å². The minimum atomic E-state index is -0.266. The van der Waals surface area contributed by atoms with Gasteiger partial charge in [0.15, 0.2) is 0 Å². The van der Waals surface area contributed by atoms with E-state index < -0.39 is 0 Å². The highest BCUT2D eigenvalue weighted by atomic mass is 32.1. The molecule has 7 nitrogen and oxygen atoms in total. The highest BCUT2D eigenvalue weighted by Gasteiger charge is 2.30. The third-order valence-corrected chi connectivity index (χ3v) is 3.94. The number of aromatic nitrogens is 2. The van der Waals surface area contributed by atoms with E-state index in [1.54, 1.807) is 0 Å². The molecule has 2 heterocycles. The zero-order chi connectivity index (χ0) is 15.2. The van der Waals surface area contributed by atoms with Gasteiger partial charge in [0.1, 0.15) is 16.7 Å². The van der Waals surface area contributed by atoms with Crippen LogP contribution in [0, 0.1) is 0 Å². The van der Waals surface area contributed by atoms with E-state index in [-0.39, 0.29) is 18.0 Å². The van der Waals surface area contributed by atoms with Crippen molar-refractivity contribution in [3.63, 3.8) is 0 Å². The summed E-state index contributed by atoms with van der Waals surface area (Å²) in [4.78, 5) is 14.4. The van der Waals surface area contributed by atoms with E-state index in [1.165, 1.54) is 11.5 Å². The molecule has 0 aromatic carbocycles. The zero-order valence-electron chi connectivity index (χ0n) is 12.8. The molecule has 1 amide bonds. The lowest BCUT2D eigenvalue weighted by Gasteiger charge is -2.34. The second-order valence-corrected chi connectivity index (χ2v) is 6.06. The van der Waals surface area contributed by atoms with Crippen LogP contribution in [0.1, 0.15) is 26.5 Å². The van der Waals surface area contributed by atoms with Gasteiger partial charge in [-0.05, 0) is 20.8 Å². The minimum Gasteiger partial charge on any atom is -0.378 e. The van der Waals surface area contributed by atoms with Crippen LogP contribution in [-0.4, -0.2) is 58.8 Å². The molecule has 1 unspecified atom stereocenters. The molecule has 8 heteroatoms. The monoisotopic (exact) mass is 313 g/mol. The average Bonchev–Trinajstić information content (AvgIpc) is 2.86. The van der Waals surface area contributed by atoms with Crippen molar-refractivity contribution in [1.82, 2.24) is 19.8 Å². The summed E-state index contributed by atoms with van der Waals surface area (Å²) >= 11 is 1.35. The molecule has 0 bridgehead atoms. The summed E-state index contributed by atoms with van der Waals surface area (Å²) in [6.45, 7) is 9.18. The van der Waals surface area contributed by atoms with Crippen molar-refractivity contribution in [2.75, 3.05) is 31.6 Å². The fraction of sp³-hybridized carbons (Fsp3) is 0.769. The van der Waals surface area contributed by atoms with Crippen LogP contribution in [0.2, 0.25) is 0 Å². The summed E-state index contributed by atoms with van der Waals surface area (Å²) in [7, 11) is 0. The largest absolute Gasteiger partial charge is 0.378 e. The Kier molecular flexibility index (Phi) is 5.89. The van der Waals surface area contributed by atoms with Gasteiger partial charge in [0.2, 0.25) is 5.91 Å². The van der Waals surface area contributed by atoms with Crippen molar-refractivity contribution in [3.8, 4) is 0 Å². The van der Waals surface area contributed by atoms with E-state index in [1.807, 2.05) is 20.8 Å². The number of carbonyl (C=O) groups is 1. The average molecular weight is 313 g/mol. The van der Waals surface area contributed by atoms with Gasteiger partial charge < -0.3 is 15.4 Å². The second kappa shape index (κ2) is 7.67. The van der Waals surface area contributed by atoms with Gasteiger partial charge in [-0.3, -0.25) is 9.69 Å². The predicted molar refractivity (Wildman–Crippen MR) is 82.4 cm³/mol. The van der Waals surface area contributed by atoms with Crippen molar-refractivity contribution in [1.29, 1.82) is 0 Å². The van der Waals surface area contributed by atoms with Gasteiger partial charge in [0, 0.05) is 37.2 Å². The zero-order valence-corrected chi connectivity index (χ0v) is 13.6. The number of hydrogen-bond acceptors (Lipinski definition) is 7. The lowest BCUT2D eigenvalue weighted by Crippen LogP contribution is -2.54. The minimum absolute atomic E-state index is 0.0119. The summed E-state index contributed by atoms with van der Waals surface area (Å²) in [6, 6.07) is -0.142. The molecule has 1 aliphatic heterocycles. The Labute approximate surface area is 129 Å². The summed E-state index contributed by atoms with van der Waals surface area (Å²) in [5, 5.41) is 11.4. The van der Waals surface area contributed by atoms with Crippen LogP contribution in [-0.2, 0) is 16.1 Å². The predicted octanol–water partition coefficient (Wildman–Crippen LogP) is 0.695. The summed E-state index contributed by atoms with van der Waals surface area (Å²) < 4.78 is 9.46. The Balaban J connectivity index is 2.04. The van der Waals surface area contributed by atoms with E-state index in [0.29, 0.717) is 19.8 Å². The fourth-order valence-corrected chi connectivity index (χ4v) is 2.89. The molecule has 1 aliphatic rings. The first-order valence-electron chi connectivity index (χ1n) is 7.29. The number of morpholine rings is 1. The van der Waals surface area contributed by atoms with Crippen molar-refractivity contribution in [2.24, 2.45) is 0 Å². The third-order valence-electron chi connectivity index (χ3n) is 3.22. The molecule has 21 heavy (non-hydrogen) atoms. The van der Waals surface area contributed by atoms with Gasteiger partial charge in [0.05, 0.1) is 13.2 Å². The van der Waals surface area contributed by atoms with Crippen LogP contribution in [0.15, 0.2) is 0 Å². The highest BCUT2D eigenvalue weighted by molar-refractivity contribution is 7.10. The first kappa shape index (κ1) is 16.1. The Morgan fingerprint density at radius 1 is 1.57 bits per heavy atom. The summed E-state index contributed by atoms with van der Waals surface area (Å²) in [6.07, 6.45) is 0. The topological polar surface area (TPSA) is 79.4 Å². The molecule has 0 radical (unpaired) electrons. The molecule has 0 aliphatic carbocycles. The number of rotatable bonds is 6. The number of carbonyl (C=O) groups excluding carboxylic acids is 1. The van der Waals surface area contributed by atoms with Gasteiger partial charge in [-0.25, -0.2) is 0 Å². The highest BCUT2D eigenvalue weighted by Crippen LogP contribution is 2.21. The van der Waals surface area contributed by atoms with Crippen LogP contribution in [0.4, 0.5) is 5.00 Å². The number of anilines is 1. The number of amides is 1. The van der Waals surface area contributed by atoms with E-state index in [2.05, 4.69) is 25.1 Å². The Morgan fingerprint density at radius 2 is 2.38 bits per heavy atom. The fourth-order valence-electron chi connectivity index (χ4n) is 2.25. The maximum absolute atomic E-state index is 12.3. The van der Waals surface area contributed by atoms with Crippen LogP contribution >= 0.6 is 11.5 Å². The molecule has 2 rings (SSSR count). The van der Waals surface area contributed by atoms with Crippen LogP contribution < -0.4 is 10.6 Å². The molecule has 2 N–H and O–H groups in total. The molecule has 0 spiro atoms. The van der Waals surface area contributed by atoms with Crippen LogP contribution in [0.3, 0.4) is 0 Å². The van der Waals surface area contributed by atoms with Gasteiger partial charge in [-0.15, -0.1) is 5.10 Å². The van der Waals surface area contributed by atoms with Crippen molar-refractivity contribution in [2.45, 2.75) is 39.4 Å². The first-order valence-corrected chi connectivity index (χ1v) is 8.06. The second-order valence-electron chi connectivity index (χ2n) is 5.30. The van der Waals surface area contributed by atoms with Crippen molar-refractivity contribution < 1.29 is 9.53 Å². The lowest BCUT2D eigenvalue weighted by atomic mass is 10.2. The van der Waals surface area contributed by atoms with Gasteiger partial charge in [-0.2, -0.15) is 0 Å². The van der Waals surface area contributed by atoms with E-state index in [0.717, 1.165) is 23.8 Å². The normalized spacial score (nSPS) is 19.7. The van der Waals surface area contributed by atoms with E-state index in [4.69, 9.17) is 4.74 Å². The van der Waals surface area contributed by atoms with Crippen LogP contribution in [0.5, 0.6) is 0 Å². The molecule has 1 aromatic rings. The summed E-state index contributed by atoms with van der Waals surface area (Å²) in [5.74, 6) is 0.0119. The molecule has 1 atom stereocenters. The van der Waals surface area contributed by atoms with Gasteiger partial charge in [-0.1, -0.05) is 4.49 Å². The third kappa shape index (κ3) is 4.36. The Bertz CT molecular complexity index is 465.